The van der Waals surface area contributed by atoms with Crippen molar-refractivity contribution in [3.8, 4) is 0 Å². The Morgan fingerprint density at radius 1 is 1.50 bits per heavy atom. The Morgan fingerprint density at radius 2 is 2.19 bits per heavy atom. The lowest BCUT2D eigenvalue weighted by Crippen LogP contribution is -2.18. The highest BCUT2D eigenvalue weighted by atomic mass is 127. The number of anilines is 1. The van der Waals surface area contributed by atoms with Gasteiger partial charge in [0.15, 0.2) is 5.17 Å². The van der Waals surface area contributed by atoms with Crippen LogP contribution in [0.25, 0.3) is 0 Å². The number of amidine groups is 1. The minimum atomic E-state index is -0.138. The van der Waals surface area contributed by atoms with Crippen LogP contribution < -0.4 is 16.9 Å². The first-order valence-corrected chi connectivity index (χ1v) is 6.40. The Hall–Kier alpha value is -0.960. The van der Waals surface area contributed by atoms with Crippen molar-refractivity contribution in [1.29, 1.82) is 0 Å². The number of benzene rings is 1. The number of nitrogens with one attached hydrogen (secondary N) is 1. The van der Waals surface area contributed by atoms with E-state index in [1.165, 1.54) is 0 Å². The van der Waals surface area contributed by atoms with Crippen LogP contribution in [-0.4, -0.2) is 16.8 Å². The first kappa shape index (κ1) is 13.1. The summed E-state index contributed by atoms with van der Waals surface area (Å²) in [4.78, 5) is 11.5. The molecule has 5 N–H and O–H groups in total. The second-order valence-electron chi connectivity index (χ2n) is 2.78. The van der Waals surface area contributed by atoms with Gasteiger partial charge in [-0.25, -0.2) is 0 Å². The molecule has 1 rings (SSSR count). The van der Waals surface area contributed by atoms with Gasteiger partial charge in [-0.1, -0.05) is 23.9 Å². The van der Waals surface area contributed by atoms with E-state index in [0.29, 0.717) is 0 Å². The van der Waals surface area contributed by atoms with E-state index in [2.05, 4.69) is 33.0 Å². The molecule has 1 aromatic carbocycles. The third kappa shape index (κ3) is 4.27. The molecule has 0 atom stereocenters. The van der Waals surface area contributed by atoms with E-state index in [1.54, 1.807) is 0 Å². The number of hydrogen-bond donors (Lipinski definition) is 3. The fraction of sp³-hybridized carbons (Fsp3) is 0.111. The molecule has 0 aliphatic rings. The lowest BCUT2D eigenvalue weighted by Gasteiger charge is -2.06. The molecule has 0 spiro atoms. The lowest BCUT2D eigenvalue weighted by atomic mass is 10.3. The summed E-state index contributed by atoms with van der Waals surface area (Å²) >= 11 is 3.25. The molecule has 5 nitrogen and oxygen atoms in total. The van der Waals surface area contributed by atoms with Gasteiger partial charge in [0.25, 0.3) is 0 Å². The normalized spacial score (nSPS) is 11.2. The highest BCUT2D eigenvalue weighted by Crippen LogP contribution is 2.17. The summed E-state index contributed by atoms with van der Waals surface area (Å²) in [6.07, 6.45) is 0. The van der Waals surface area contributed by atoms with Gasteiger partial charge in [0.2, 0.25) is 5.91 Å². The fourth-order valence-corrected chi connectivity index (χ4v) is 1.87. The van der Waals surface area contributed by atoms with E-state index >= 15 is 0 Å². The molecule has 0 saturated heterocycles. The van der Waals surface area contributed by atoms with Gasteiger partial charge in [0.1, 0.15) is 0 Å². The van der Waals surface area contributed by atoms with Crippen molar-refractivity contribution in [1.82, 2.24) is 0 Å². The second kappa shape index (κ2) is 6.59. The average Bonchev–Trinajstić information content (AvgIpc) is 2.29. The van der Waals surface area contributed by atoms with Crippen LogP contribution >= 0.6 is 34.4 Å². The van der Waals surface area contributed by atoms with Gasteiger partial charge in [-0.2, -0.15) is 5.10 Å². The van der Waals surface area contributed by atoms with Crippen molar-refractivity contribution < 1.29 is 4.79 Å². The summed E-state index contributed by atoms with van der Waals surface area (Å²) in [5, 5.41) is 6.22. The molecule has 0 aliphatic carbocycles. The third-order valence-corrected chi connectivity index (χ3v) is 3.37. The van der Waals surface area contributed by atoms with Gasteiger partial charge >= 0.3 is 0 Å². The summed E-state index contributed by atoms with van der Waals surface area (Å²) < 4.78 is 0.985. The van der Waals surface area contributed by atoms with Gasteiger partial charge in [-0.3, -0.25) is 4.79 Å². The van der Waals surface area contributed by atoms with Crippen molar-refractivity contribution >= 4 is 51.1 Å². The van der Waals surface area contributed by atoms with Crippen molar-refractivity contribution in [2.75, 3.05) is 11.1 Å². The van der Waals surface area contributed by atoms with Crippen molar-refractivity contribution in [3.05, 3.63) is 27.8 Å². The van der Waals surface area contributed by atoms with E-state index in [4.69, 9.17) is 11.6 Å². The molecule has 0 heterocycles. The first-order chi connectivity index (χ1) is 7.63. The zero-order chi connectivity index (χ0) is 12.0. The van der Waals surface area contributed by atoms with Crippen LogP contribution in [-0.2, 0) is 4.79 Å². The number of thioether (sulfide) groups is 1. The number of halogens is 1. The molecule has 86 valence electrons. The van der Waals surface area contributed by atoms with Crippen LogP contribution in [0.3, 0.4) is 0 Å². The van der Waals surface area contributed by atoms with E-state index in [0.717, 1.165) is 21.0 Å². The fourth-order valence-electron chi connectivity index (χ4n) is 0.926. The van der Waals surface area contributed by atoms with Crippen molar-refractivity contribution in [2.24, 2.45) is 16.7 Å². The van der Waals surface area contributed by atoms with E-state index in [-0.39, 0.29) is 16.8 Å². The molecular weight excluding hydrogens is 339 g/mol. The first-order valence-electron chi connectivity index (χ1n) is 4.34. The molecule has 0 aliphatic heterocycles. The zero-order valence-electron chi connectivity index (χ0n) is 8.31. The molecule has 0 saturated carbocycles. The predicted octanol–water partition coefficient (Wildman–Crippen LogP) is 1.15. The molecule has 16 heavy (non-hydrogen) atoms. The van der Waals surface area contributed by atoms with Crippen LogP contribution in [0.15, 0.2) is 29.4 Å². The number of nitrogens with zero attached hydrogens (tertiary/aromatic N) is 1. The van der Waals surface area contributed by atoms with Crippen LogP contribution in [0.5, 0.6) is 0 Å². The van der Waals surface area contributed by atoms with Crippen molar-refractivity contribution in [2.45, 2.75) is 0 Å². The SMILES string of the molecule is NN=C(N)SCC(=O)Nc1ccccc1I. The molecule has 1 aromatic rings. The van der Waals surface area contributed by atoms with Gasteiger partial charge in [-0.15, -0.1) is 0 Å². The molecule has 7 heteroatoms. The predicted molar refractivity (Wildman–Crippen MR) is 76.1 cm³/mol. The zero-order valence-corrected chi connectivity index (χ0v) is 11.3. The Bertz CT molecular complexity index is 410. The quantitative estimate of drug-likeness (QED) is 0.251. The molecule has 1 amide bonds. The van der Waals surface area contributed by atoms with Crippen LogP contribution in [0.1, 0.15) is 0 Å². The van der Waals surface area contributed by atoms with E-state index < -0.39 is 0 Å². The molecule has 0 bridgehead atoms. The number of hydrazone groups is 1. The van der Waals surface area contributed by atoms with Gasteiger partial charge in [-0.05, 0) is 34.7 Å². The number of para-hydroxylation sites is 1. The molecule has 0 unspecified atom stereocenters. The van der Waals surface area contributed by atoms with Gasteiger partial charge < -0.3 is 16.9 Å². The summed E-state index contributed by atoms with van der Waals surface area (Å²) in [7, 11) is 0. The maximum Gasteiger partial charge on any atom is 0.234 e. The van der Waals surface area contributed by atoms with Gasteiger partial charge in [0, 0.05) is 3.57 Å². The summed E-state index contributed by atoms with van der Waals surface area (Å²) in [6.45, 7) is 0. The number of rotatable bonds is 3. The minimum Gasteiger partial charge on any atom is -0.377 e. The number of carbonyl (C=O) groups is 1. The standard InChI is InChI=1S/C9H11IN4OS/c10-6-3-1-2-4-7(6)13-8(15)5-16-9(11)14-12/h1-4H,5,12H2,(H2,11,14)(H,13,15). The molecule has 0 aromatic heterocycles. The monoisotopic (exact) mass is 350 g/mol. The van der Waals surface area contributed by atoms with Crippen LogP contribution in [0.4, 0.5) is 5.69 Å². The second-order valence-corrected chi connectivity index (χ2v) is 4.94. The largest absolute Gasteiger partial charge is 0.377 e. The summed E-state index contributed by atoms with van der Waals surface area (Å²) in [5.74, 6) is 5.00. The Morgan fingerprint density at radius 3 is 2.81 bits per heavy atom. The number of carbonyl (C=O) groups excluding carboxylic acids is 1. The van der Waals surface area contributed by atoms with E-state index in [1.807, 2.05) is 24.3 Å². The topological polar surface area (TPSA) is 93.5 Å². The highest BCUT2D eigenvalue weighted by molar-refractivity contribution is 14.1. The van der Waals surface area contributed by atoms with Gasteiger partial charge in [0.05, 0.1) is 11.4 Å². The summed E-state index contributed by atoms with van der Waals surface area (Å²) in [5.41, 5.74) is 6.14. The maximum absolute atomic E-state index is 11.5. The van der Waals surface area contributed by atoms with Crippen molar-refractivity contribution in [3.63, 3.8) is 0 Å². The lowest BCUT2D eigenvalue weighted by molar-refractivity contribution is -0.113. The highest BCUT2D eigenvalue weighted by Gasteiger charge is 2.06. The summed E-state index contributed by atoms with van der Waals surface area (Å²) in [6, 6.07) is 7.52. The molecule has 0 radical (unpaired) electrons. The molecular formula is C9H11IN4OS. The minimum absolute atomic E-state index is 0.138. The molecule has 0 fully saturated rings. The Balaban J connectivity index is 2.49. The number of amides is 1. The van der Waals surface area contributed by atoms with Crippen LogP contribution in [0, 0.1) is 3.57 Å². The average molecular weight is 350 g/mol. The number of hydrogen-bond acceptors (Lipinski definition) is 4. The van der Waals surface area contributed by atoms with Crippen LogP contribution in [0.2, 0.25) is 0 Å². The Kier molecular flexibility index (Phi) is 5.39. The third-order valence-electron chi connectivity index (χ3n) is 1.63. The van der Waals surface area contributed by atoms with E-state index in [9.17, 15) is 4.79 Å². The maximum atomic E-state index is 11.5. The smallest absolute Gasteiger partial charge is 0.234 e. The number of nitrogens with two attached hydrogens (primary N) is 2. The Labute approximate surface area is 111 Å².